The van der Waals surface area contributed by atoms with E-state index in [1.54, 1.807) is 0 Å². The number of aryl methyl sites for hydroxylation is 1. The molecule has 0 heterocycles. The zero-order valence-electron chi connectivity index (χ0n) is 12.1. The summed E-state index contributed by atoms with van der Waals surface area (Å²) < 4.78 is 0. The van der Waals surface area contributed by atoms with Gasteiger partial charge in [0.2, 0.25) is 0 Å². The van der Waals surface area contributed by atoms with Gasteiger partial charge in [0.15, 0.2) is 0 Å². The van der Waals surface area contributed by atoms with E-state index in [9.17, 15) is 0 Å². The van der Waals surface area contributed by atoms with Gasteiger partial charge < -0.3 is 5.73 Å². The van der Waals surface area contributed by atoms with Crippen LogP contribution in [-0.2, 0) is 11.8 Å². The third-order valence-electron chi connectivity index (χ3n) is 3.74. The van der Waals surface area contributed by atoms with Crippen LogP contribution in [0.2, 0.25) is 0 Å². The van der Waals surface area contributed by atoms with Gasteiger partial charge in [0.1, 0.15) is 0 Å². The Morgan fingerprint density at radius 1 is 0.947 bits per heavy atom. The fourth-order valence-corrected chi connectivity index (χ4v) is 2.25. The summed E-state index contributed by atoms with van der Waals surface area (Å²) in [6.45, 7) is 7.17. The molecule has 0 unspecified atom stereocenters. The maximum Gasteiger partial charge on any atom is 0.00190 e. The monoisotopic (exact) mass is 253 g/mol. The molecular weight excluding hydrogens is 230 g/mol. The van der Waals surface area contributed by atoms with E-state index < -0.39 is 0 Å². The van der Waals surface area contributed by atoms with Crippen molar-refractivity contribution in [1.82, 2.24) is 0 Å². The lowest BCUT2D eigenvalue weighted by Crippen LogP contribution is -2.27. The Hall–Kier alpha value is -1.60. The number of benzene rings is 2. The predicted molar refractivity (Wildman–Crippen MR) is 82.5 cm³/mol. The van der Waals surface area contributed by atoms with Gasteiger partial charge in [0.25, 0.3) is 0 Å². The first-order valence-corrected chi connectivity index (χ1v) is 6.86. The Bertz CT molecular complexity index is 538. The number of hydrogen-bond donors (Lipinski definition) is 1. The van der Waals surface area contributed by atoms with E-state index in [1.807, 2.05) is 0 Å². The molecule has 0 aliphatic rings. The van der Waals surface area contributed by atoms with E-state index in [0.717, 1.165) is 6.42 Å². The lowest BCUT2D eigenvalue weighted by Gasteiger charge is -2.23. The molecule has 0 amide bonds. The maximum absolute atomic E-state index is 5.82. The third-order valence-corrected chi connectivity index (χ3v) is 3.74. The van der Waals surface area contributed by atoms with Gasteiger partial charge in [0, 0.05) is 12.0 Å². The largest absolute Gasteiger partial charge is 0.330 e. The van der Waals surface area contributed by atoms with Gasteiger partial charge in [0.05, 0.1) is 0 Å². The first-order chi connectivity index (χ1) is 9.01. The second-order valence-corrected chi connectivity index (χ2v) is 5.95. The molecule has 2 aromatic carbocycles. The fourth-order valence-electron chi connectivity index (χ4n) is 2.25. The summed E-state index contributed by atoms with van der Waals surface area (Å²) in [5.74, 6) is 0. The molecule has 0 saturated heterocycles. The maximum atomic E-state index is 5.82. The van der Waals surface area contributed by atoms with Crippen LogP contribution < -0.4 is 5.73 Å². The van der Waals surface area contributed by atoms with Crippen molar-refractivity contribution in [3.63, 3.8) is 0 Å². The number of nitrogens with two attached hydrogens (primary N) is 1. The van der Waals surface area contributed by atoms with Gasteiger partial charge in [-0.2, -0.15) is 0 Å². The van der Waals surface area contributed by atoms with Crippen molar-refractivity contribution in [3.8, 4) is 0 Å². The molecule has 0 spiro atoms. The molecule has 19 heavy (non-hydrogen) atoms. The van der Waals surface area contributed by atoms with Crippen molar-refractivity contribution in [2.75, 3.05) is 6.54 Å². The fraction of sp³-hybridized carbons (Fsp3) is 0.333. The Kier molecular flexibility index (Phi) is 4.06. The minimum Gasteiger partial charge on any atom is -0.330 e. The molecule has 0 aromatic heterocycles. The standard InChI is InChI=1S/C18H23N/c1-14-5-4-6-16(11-14)12-15-7-9-17(10-8-15)18(2,3)13-19/h4-11H,12-13,19H2,1-3H3. The minimum atomic E-state index is 0.0574. The molecule has 2 N–H and O–H groups in total. The topological polar surface area (TPSA) is 26.0 Å². The second-order valence-electron chi connectivity index (χ2n) is 5.95. The smallest absolute Gasteiger partial charge is 0.00190 e. The second kappa shape index (κ2) is 5.58. The van der Waals surface area contributed by atoms with Crippen LogP contribution >= 0.6 is 0 Å². The van der Waals surface area contributed by atoms with Crippen LogP contribution in [0.1, 0.15) is 36.1 Å². The van der Waals surface area contributed by atoms with Crippen LogP contribution in [0.4, 0.5) is 0 Å². The van der Waals surface area contributed by atoms with Crippen molar-refractivity contribution in [2.45, 2.75) is 32.6 Å². The van der Waals surface area contributed by atoms with E-state index in [0.29, 0.717) is 6.54 Å². The highest BCUT2D eigenvalue weighted by atomic mass is 14.6. The van der Waals surface area contributed by atoms with Gasteiger partial charge in [-0.25, -0.2) is 0 Å². The van der Waals surface area contributed by atoms with Gasteiger partial charge in [-0.1, -0.05) is 67.9 Å². The molecule has 2 aromatic rings. The molecule has 1 heteroatoms. The van der Waals surface area contributed by atoms with Crippen LogP contribution in [0.15, 0.2) is 48.5 Å². The van der Waals surface area contributed by atoms with Gasteiger partial charge in [-0.3, -0.25) is 0 Å². The van der Waals surface area contributed by atoms with Gasteiger partial charge in [-0.05, 0) is 30.0 Å². The molecular formula is C18H23N. The van der Waals surface area contributed by atoms with Crippen molar-refractivity contribution >= 4 is 0 Å². The van der Waals surface area contributed by atoms with Crippen LogP contribution in [0, 0.1) is 6.92 Å². The highest BCUT2D eigenvalue weighted by Crippen LogP contribution is 2.22. The molecule has 0 saturated carbocycles. The van der Waals surface area contributed by atoms with Crippen molar-refractivity contribution < 1.29 is 0 Å². The van der Waals surface area contributed by atoms with Gasteiger partial charge in [-0.15, -0.1) is 0 Å². The zero-order chi connectivity index (χ0) is 13.9. The summed E-state index contributed by atoms with van der Waals surface area (Å²) >= 11 is 0. The lowest BCUT2D eigenvalue weighted by atomic mass is 9.84. The first-order valence-electron chi connectivity index (χ1n) is 6.86. The van der Waals surface area contributed by atoms with Gasteiger partial charge >= 0.3 is 0 Å². The number of hydrogen-bond acceptors (Lipinski definition) is 1. The van der Waals surface area contributed by atoms with Crippen molar-refractivity contribution in [2.24, 2.45) is 5.73 Å². The Morgan fingerprint density at radius 2 is 1.63 bits per heavy atom. The quantitative estimate of drug-likeness (QED) is 0.880. The Balaban J connectivity index is 2.15. The minimum absolute atomic E-state index is 0.0574. The summed E-state index contributed by atoms with van der Waals surface area (Å²) in [5, 5.41) is 0. The summed E-state index contributed by atoms with van der Waals surface area (Å²) in [6, 6.07) is 17.5. The molecule has 0 bridgehead atoms. The van der Waals surface area contributed by atoms with Crippen molar-refractivity contribution in [1.29, 1.82) is 0 Å². The van der Waals surface area contributed by atoms with Crippen molar-refractivity contribution in [3.05, 3.63) is 70.8 Å². The lowest BCUT2D eigenvalue weighted by molar-refractivity contribution is 0.539. The van der Waals surface area contributed by atoms with Crippen LogP contribution in [0.3, 0.4) is 0 Å². The third kappa shape index (κ3) is 3.45. The summed E-state index contributed by atoms with van der Waals surface area (Å²) in [7, 11) is 0. The Morgan fingerprint density at radius 3 is 2.21 bits per heavy atom. The zero-order valence-corrected chi connectivity index (χ0v) is 12.1. The molecule has 0 aliphatic carbocycles. The summed E-state index contributed by atoms with van der Waals surface area (Å²) in [6.07, 6.45) is 0.991. The van der Waals surface area contributed by atoms with Crippen LogP contribution in [0.5, 0.6) is 0 Å². The van der Waals surface area contributed by atoms with Crippen LogP contribution in [-0.4, -0.2) is 6.54 Å². The van der Waals surface area contributed by atoms with E-state index in [2.05, 4.69) is 69.3 Å². The molecule has 0 radical (unpaired) electrons. The molecule has 0 fully saturated rings. The highest BCUT2D eigenvalue weighted by molar-refractivity contribution is 5.33. The molecule has 2 rings (SSSR count). The van der Waals surface area contributed by atoms with E-state index in [1.165, 1.54) is 22.3 Å². The average molecular weight is 253 g/mol. The molecule has 100 valence electrons. The first kappa shape index (κ1) is 13.8. The van der Waals surface area contributed by atoms with E-state index in [-0.39, 0.29) is 5.41 Å². The highest BCUT2D eigenvalue weighted by Gasteiger charge is 2.17. The summed E-state index contributed by atoms with van der Waals surface area (Å²) in [4.78, 5) is 0. The predicted octanol–water partition coefficient (Wildman–Crippen LogP) is 3.82. The van der Waals surface area contributed by atoms with E-state index in [4.69, 9.17) is 5.73 Å². The molecule has 0 atom stereocenters. The molecule has 0 aliphatic heterocycles. The summed E-state index contributed by atoms with van der Waals surface area (Å²) in [5.41, 5.74) is 11.2. The molecule has 1 nitrogen and oxygen atoms in total. The average Bonchev–Trinajstić information content (AvgIpc) is 2.39. The Labute approximate surface area is 116 Å². The SMILES string of the molecule is Cc1cccc(Cc2ccc(C(C)(C)CN)cc2)c1. The van der Waals surface area contributed by atoms with E-state index >= 15 is 0 Å². The normalized spacial score (nSPS) is 11.6. The van der Waals surface area contributed by atoms with Crippen LogP contribution in [0.25, 0.3) is 0 Å². The number of rotatable bonds is 4.